The minimum Gasteiger partial charge on any atom is -0.399 e. The fourth-order valence-corrected chi connectivity index (χ4v) is 3.62. The van der Waals surface area contributed by atoms with Crippen molar-refractivity contribution in [1.82, 2.24) is 5.43 Å². The van der Waals surface area contributed by atoms with Crippen molar-refractivity contribution in [2.75, 3.05) is 5.73 Å². The van der Waals surface area contributed by atoms with Gasteiger partial charge in [-0.2, -0.15) is 5.10 Å². The van der Waals surface area contributed by atoms with E-state index < -0.39 is 0 Å². The second kappa shape index (κ2) is 6.29. The zero-order valence-electron chi connectivity index (χ0n) is 12.3. The van der Waals surface area contributed by atoms with Crippen molar-refractivity contribution in [3.63, 3.8) is 0 Å². The Morgan fingerprint density at radius 2 is 1.81 bits per heavy atom. The van der Waals surface area contributed by atoms with Crippen LogP contribution in [0.5, 0.6) is 0 Å². The van der Waals surface area contributed by atoms with Crippen LogP contribution in [0.15, 0.2) is 29.4 Å². The lowest BCUT2D eigenvalue weighted by Gasteiger charge is -2.35. The van der Waals surface area contributed by atoms with Crippen LogP contribution in [0.25, 0.3) is 0 Å². The Bertz CT molecular complexity index is 535. The molecule has 2 fully saturated rings. The molecule has 0 spiro atoms. The number of nitrogens with one attached hydrogen (secondary N) is 1. The monoisotopic (exact) mass is 285 g/mol. The van der Waals surface area contributed by atoms with Crippen molar-refractivity contribution in [2.24, 2.45) is 16.9 Å². The standard InChI is InChI=1S/C17H23N3O/c18-15-8-5-13(6-9-15)17(21)20-19-16-10-7-12-3-1-2-4-14(12)11-16/h5-6,8-9,12,14H,1-4,7,10-11,18H2,(H,20,21)/b19-16-/t12-,14+/m0/s1. The molecule has 112 valence electrons. The number of benzene rings is 1. The van der Waals surface area contributed by atoms with E-state index in [4.69, 9.17) is 5.73 Å². The number of nitrogen functional groups attached to an aromatic ring is 1. The van der Waals surface area contributed by atoms with Crippen LogP contribution >= 0.6 is 0 Å². The van der Waals surface area contributed by atoms with E-state index in [1.165, 1.54) is 32.1 Å². The van der Waals surface area contributed by atoms with Crippen LogP contribution in [0.3, 0.4) is 0 Å². The molecular weight excluding hydrogens is 262 g/mol. The van der Waals surface area contributed by atoms with Crippen molar-refractivity contribution in [2.45, 2.75) is 44.9 Å². The molecule has 21 heavy (non-hydrogen) atoms. The maximum absolute atomic E-state index is 12.0. The van der Waals surface area contributed by atoms with Gasteiger partial charge in [0.1, 0.15) is 0 Å². The molecule has 3 N–H and O–H groups in total. The van der Waals surface area contributed by atoms with Crippen LogP contribution in [0.4, 0.5) is 5.69 Å². The third-order valence-corrected chi connectivity index (χ3v) is 4.86. The van der Waals surface area contributed by atoms with Crippen LogP contribution < -0.4 is 11.2 Å². The van der Waals surface area contributed by atoms with Gasteiger partial charge in [-0.15, -0.1) is 0 Å². The molecule has 0 bridgehead atoms. The number of hydrogen-bond donors (Lipinski definition) is 2. The molecule has 0 saturated heterocycles. The summed E-state index contributed by atoms with van der Waals surface area (Å²) in [5.41, 5.74) is 10.7. The number of carbonyl (C=O) groups is 1. The molecule has 1 aromatic rings. The predicted octanol–water partition coefficient (Wildman–Crippen LogP) is 3.34. The Morgan fingerprint density at radius 1 is 1.10 bits per heavy atom. The normalized spacial score (nSPS) is 27.1. The number of anilines is 1. The zero-order valence-corrected chi connectivity index (χ0v) is 12.3. The van der Waals surface area contributed by atoms with Crippen molar-refractivity contribution < 1.29 is 4.79 Å². The van der Waals surface area contributed by atoms with Crippen LogP contribution in [0, 0.1) is 11.8 Å². The molecule has 2 atom stereocenters. The van der Waals surface area contributed by atoms with E-state index >= 15 is 0 Å². The lowest BCUT2D eigenvalue weighted by Crippen LogP contribution is -2.29. The van der Waals surface area contributed by atoms with Gasteiger partial charge in [-0.25, -0.2) is 5.43 Å². The molecule has 3 rings (SSSR count). The van der Waals surface area contributed by atoms with E-state index in [1.807, 2.05) is 0 Å². The number of hydrazone groups is 1. The van der Waals surface area contributed by atoms with Crippen LogP contribution in [0.1, 0.15) is 55.3 Å². The maximum atomic E-state index is 12.0. The number of fused-ring (bicyclic) bond motifs is 1. The highest BCUT2D eigenvalue weighted by Crippen LogP contribution is 2.39. The van der Waals surface area contributed by atoms with Gasteiger partial charge in [0, 0.05) is 17.0 Å². The number of hydrogen-bond acceptors (Lipinski definition) is 3. The molecule has 0 radical (unpaired) electrons. The highest BCUT2D eigenvalue weighted by Gasteiger charge is 2.30. The number of nitrogens with zero attached hydrogens (tertiary/aromatic N) is 1. The molecule has 2 aliphatic rings. The quantitative estimate of drug-likeness (QED) is 0.646. The first-order valence-electron chi connectivity index (χ1n) is 7.93. The van der Waals surface area contributed by atoms with Gasteiger partial charge in [0.25, 0.3) is 5.91 Å². The van der Waals surface area contributed by atoms with Gasteiger partial charge >= 0.3 is 0 Å². The summed E-state index contributed by atoms with van der Waals surface area (Å²) in [6.45, 7) is 0. The summed E-state index contributed by atoms with van der Waals surface area (Å²) in [5, 5.41) is 4.36. The molecule has 0 heterocycles. The highest BCUT2D eigenvalue weighted by atomic mass is 16.2. The van der Waals surface area contributed by atoms with E-state index in [-0.39, 0.29) is 5.91 Å². The largest absolute Gasteiger partial charge is 0.399 e. The number of amides is 1. The number of rotatable bonds is 2. The van der Waals surface area contributed by atoms with Crippen molar-refractivity contribution >= 4 is 17.3 Å². The van der Waals surface area contributed by atoms with Crippen molar-refractivity contribution in [3.05, 3.63) is 29.8 Å². The fourth-order valence-electron chi connectivity index (χ4n) is 3.62. The average Bonchev–Trinajstić information content (AvgIpc) is 2.53. The molecule has 0 aromatic heterocycles. The van der Waals surface area contributed by atoms with Crippen molar-refractivity contribution in [1.29, 1.82) is 0 Å². The molecule has 0 aliphatic heterocycles. The molecule has 4 heteroatoms. The van der Waals surface area contributed by atoms with Crippen LogP contribution in [0.2, 0.25) is 0 Å². The molecular formula is C17H23N3O. The predicted molar refractivity (Wildman–Crippen MR) is 85.1 cm³/mol. The summed E-state index contributed by atoms with van der Waals surface area (Å²) in [5.74, 6) is 1.53. The summed E-state index contributed by atoms with van der Waals surface area (Å²) in [6.07, 6.45) is 8.79. The lowest BCUT2D eigenvalue weighted by molar-refractivity contribution is 0.0954. The van der Waals surface area contributed by atoms with E-state index in [0.717, 1.165) is 30.4 Å². The van der Waals surface area contributed by atoms with Gasteiger partial charge < -0.3 is 5.73 Å². The fraction of sp³-hybridized carbons (Fsp3) is 0.529. The first kappa shape index (κ1) is 14.1. The minimum absolute atomic E-state index is 0.159. The second-order valence-corrected chi connectivity index (χ2v) is 6.29. The number of nitrogens with two attached hydrogens (primary N) is 1. The third-order valence-electron chi connectivity index (χ3n) is 4.86. The van der Waals surface area contributed by atoms with Gasteiger partial charge in [0.2, 0.25) is 0 Å². The Labute approximate surface area is 125 Å². The molecule has 2 aliphatic carbocycles. The second-order valence-electron chi connectivity index (χ2n) is 6.29. The van der Waals surface area contributed by atoms with Gasteiger partial charge in [0.15, 0.2) is 0 Å². The third kappa shape index (κ3) is 3.43. The van der Waals surface area contributed by atoms with Gasteiger partial charge in [-0.1, -0.05) is 19.3 Å². The van der Waals surface area contributed by atoms with Crippen molar-refractivity contribution in [3.8, 4) is 0 Å². The summed E-state index contributed by atoms with van der Waals surface area (Å²) in [7, 11) is 0. The molecule has 2 saturated carbocycles. The summed E-state index contributed by atoms with van der Waals surface area (Å²) in [6, 6.07) is 6.91. The smallest absolute Gasteiger partial charge is 0.271 e. The SMILES string of the molecule is Nc1ccc(C(=O)N/N=C2/CC[C@@H]3CCCC[C@@H]3C2)cc1. The zero-order chi connectivity index (χ0) is 14.7. The topological polar surface area (TPSA) is 67.5 Å². The maximum Gasteiger partial charge on any atom is 0.271 e. The lowest BCUT2D eigenvalue weighted by atomic mass is 9.70. The molecule has 1 aromatic carbocycles. The Morgan fingerprint density at radius 3 is 2.57 bits per heavy atom. The Balaban J connectivity index is 1.58. The van der Waals surface area contributed by atoms with Gasteiger partial charge in [-0.3, -0.25) is 4.79 Å². The average molecular weight is 285 g/mol. The molecule has 1 amide bonds. The summed E-state index contributed by atoms with van der Waals surface area (Å²) >= 11 is 0. The summed E-state index contributed by atoms with van der Waals surface area (Å²) < 4.78 is 0. The van der Waals surface area contributed by atoms with Crippen LogP contribution in [-0.2, 0) is 0 Å². The van der Waals surface area contributed by atoms with Gasteiger partial charge in [0.05, 0.1) is 0 Å². The van der Waals surface area contributed by atoms with Crippen LogP contribution in [-0.4, -0.2) is 11.6 Å². The van der Waals surface area contributed by atoms with E-state index in [1.54, 1.807) is 24.3 Å². The molecule has 4 nitrogen and oxygen atoms in total. The van der Waals surface area contributed by atoms with E-state index in [9.17, 15) is 4.79 Å². The Kier molecular flexibility index (Phi) is 4.23. The highest BCUT2D eigenvalue weighted by molar-refractivity contribution is 5.95. The number of carbonyl (C=O) groups excluding carboxylic acids is 1. The van der Waals surface area contributed by atoms with E-state index in [0.29, 0.717) is 11.3 Å². The van der Waals surface area contributed by atoms with E-state index in [2.05, 4.69) is 10.5 Å². The molecule has 0 unspecified atom stereocenters. The van der Waals surface area contributed by atoms with Gasteiger partial charge in [-0.05, 0) is 61.8 Å². The minimum atomic E-state index is -0.159. The first-order valence-corrected chi connectivity index (χ1v) is 7.93. The first-order chi connectivity index (χ1) is 10.2. The summed E-state index contributed by atoms with van der Waals surface area (Å²) in [4.78, 5) is 12.0. The Hall–Kier alpha value is -1.84.